The van der Waals surface area contributed by atoms with E-state index in [1.165, 1.54) is 11.3 Å². The number of rotatable bonds is 5. The van der Waals surface area contributed by atoms with Gasteiger partial charge in [0.15, 0.2) is 0 Å². The van der Waals surface area contributed by atoms with Gasteiger partial charge in [0.25, 0.3) is 5.91 Å². The average molecular weight is 342 g/mol. The number of hydrogen-bond donors (Lipinski definition) is 0. The average Bonchev–Trinajstić information content (AvgIpc) is 3.25. The normalized spacial score (nSPS) is 17.5. The highest BCUT2D eigenvalue weighted by atomic mass is 32.1. The van der Waals surface area contributed by atoms with Gasteiger partial charge in [-0.1, -0.05) is 38.1 Å². The van der Waals surface area contributed by atoms with E-state index in [4.69, 9.17) is 0 Å². The number of carbonyl (C=O) groups excluding carboxylic acids is 2. The second kappa shape index (κ2) is 7.26. The first-order chi connectivity index (χ1) is 11.6. The van der Waals surface area contributed by atoms with E-state index in [9.17, 15) is 9.59 Å². The van der Waals surface area contributed by atoms with Crippen molar-refractivity contribution < 1.29 is 9.59 Å². The van der Waals surface area contributed by atoms with Crippen molar-refractivity contribution in [3.63, 3.8) is 0 Å². The Labute approximate surface area is 146 Å². The maximum absolute atomic E-state index is 12.8. The van der Waals surface area contributed by atoms with Gasteiger partial charge in [-0.2, -0.15) is 0 Å². The molecule has 24 heavy (non-hydrogen) atoms. The van der Waals surface area contributed by atoms with Crippen molar-refractivity contribution in [3.8, 4) is 10.6 Å². The Morgan fingerprint density at radius 1 is 1.42 bits per heavy atom. The maximum atomic E-state index is 12.8. The molecule has 126 valence electrons. The van der Waals surface area contributed by atoms with Crippen LogP contribution in [0.3, 0.4) is 0 Å². The smallest absolute Gasteiger partial charge is 0.273 e. The molecule has 1 unspecified atom stereocenters. The summed E-state index contributed by atoms with van der Waals surface area (Å²) in [6, 6.07) is 8.05. The van der Waals surface area contributed by atoms with Gasteiger partial charge in [0.2, 0.25) is 0 Å². The number of aromatic nitrogens is 1. The highest BCUT2D eigenvalue weighted by Gasteiger charge is 2.32. The van der Waals surface area contributed by atoms with E-state index in [1.807, 2.05) is 34.5 Å². The summed E-state index contributed by atoms with van der Waals surface area (Å²) in [4.78, 5) is 30.2. The molecule has 0 aliphatic carbocycles. The Bertz CT molecular complexity index is 738. The van der Waals surface area contributed by atoms with E-state index >= 15 is 0 Å². The van der Waals surface area contributed by atoms with Crippen LogP contribution in [0.25, 0.3) is 10.6 Å². The van der Waals surface area contributed by atoms with Gasteiger partial charge in [-0.25, -0.2) is 4.98 Å². The first-order valence-corrected chi connectivity index (χ1v) is 9.28. The van der Waals surface area contributed by atoms with E-state index in [0.717, 1.165) is 41.8 Å². The lowest BCUT2D eigenvalue weighted by Crippen LogP contribution is -2.38. The Morgan fingerprint density at radius 3 is 2.96 bits per heavy atom. The van der Waals surface area contributed by atoms with E-state index in [1.54, 1.807) is 0 Å². The van der Waals surface area contributed by atoms with E-state index < -0.39 is 0 Å². The zero-order valence-corrected chi connectivity index (χ0v) is 14.9. The lowest BCUT2D eigenvalue weighted by molar-refractivity contribution is -0.107. The number of hydrogen-bond acceptors (Lipinski definition) is 4. The summed E-state index contributed by atoms with van der Waals surface area (Å²) in [6.07, 6.45) is 3.40. The van der Waals surface area contributed by atoms with Gasteiger partial charge < -0.3 is 9.69 Å². The maximum Gasteiger partial charge on any atom is 0.273 e. The Balaban J connectivity index is 1.86. The molecule has 1 fully saturated rings. The molecule has 1 aromatic heterocycles. The van der Waals surface area contributed by atoms with Crippen LogP contribution in [0.2, 0.25) is 0 Å². The Kier molecular flexibility index (Phi) is 5.09. The SMILES string of the molecule is CC(C)C1CCCN1C(=O)c1csc(-c2ccccc2CC=O)n1. The third-order valence-electron chi connectivity index (χ3n) is 4.60. The van der Waals surface area contributed by atoms with Crippen molar-refractivity contribution in [1.29, 1.82) is 0 Å². The number of aldehydes is 1. The van der Waals surface area contributed by atoms with Crippen LogP contribution < -0.4 is 0 Å². The summed E-state index contributed by atoms with van der Waals surface area (Å²) in [5.74, 6) is 0.490. The molecule has 0 spiro atoms. The number of likely N-dealkylation sites (tertiary alicyclic amines) is 1. The Hall–Kier alpha value is -2.01. The summed E-state index contributed by atoms with van der Waals surface area (Å²) in [5.41, 5.74) is 2.40. The third kappa shape index (κ3) is 3.26. The molecule has 0 bridgehead atoms. The minimum atomic E-state index is 0.0292. The van der Waals surface area contributed by atoms with Gasteiger partial charge >= 0.3 is 0 Å². The molecule has 1 atom stereocenters. The van der Waals surface area contributed by atoms with E-state index in [-0.39, 0.29) is 5.91 Å². The van der Waals surface area contributed by atoms with Gasteiger partial charge in [0, 0.05) is 30.0 Å². The fourth-order valence-corrected chi connectivity index (χ4v) is 4.23. The van der Waals surface area contributed by atoms with E-state index in [2.05, 4.69) is 18.8 Å². The van der Waals surface area contributed by atoms with Crippen LogP contribution in [0.5, 0.6) is 0 Å². The largest absolute Gasteiger partial charge is 0.334 e. The van der Waals surface area contributed by atoms with Crippen LogP contribution in [-0.2, 0) is 11.2 Å². The summed E-state index contributed by atoms with van der Waals surface area (Å²) >= 11 is 1.46. The van der Waals surface area contributed by atoms with Crippen molar-refractivity contribution in [2.75, 3.05) is 6.54 Å². The van der Waals surface area contributed by atoms with Crippen molar-refractivity contribution in [2.45, 2.75) is 39.2 Å². The molecule has 1 saturated heterocycles. The first-order valence-electron chi connectivity index (χ1n) is 8.40. The topological polar surface area (TPSA) is 50.3 Å². The molecule has 3 rings (SSSR count). The zero-order chi connectivity index (χ0) is 17.1. The number of thiazole rings is 1. The molecular formula is C19H22N2O2S. The molecule has 0 radical (unpaired) electrons. The van der Waals surface area contributed by atoms with Gasteiger partial charge in [-0.3, -0.25) is 4.79 Å². The van der Waals surface area contributed by atoms with Gasteiger partial charge in [0.05, 0.1) is 0 Å². The standard InChI is InChI=1S/C19H22N2O2S/c1-13(2)17-8-5-10-21(17)19(23)16-12-24-18(20-16)15-7-4-3-6-14(15)9-11-22/h3-4,6-7,11-13,17H,5,8-10H2,1-2H3. The molecule has 0 saturated carbocycles. The molecule has 4 nitrogen and oxygen atoms in total. The molecule has 0 N–H and O–H groups in total. The molecule has 1 aliphatic rings. The third-order valence-corrected chi connectivity index (χ3v) is 5.48. The second-order valence-corrected chi connectivity index (χ2v) is 7.38. The number of carbonyl (C=O) groups is 2. The van der Waals surface area contributed by atoms with Crippen LogP contribution in [-0.4, -0.2) is 34.7 Å². The fourth-order valence-electron chi connectivity index (χ4n) is 3.38. The summed E-state index contributed by atoms with van der Waals surface area (Å²) < 4.78 is 0. The monoisotopic (exact) mass is 342 g/mol. The van der Waals surface area contributed by atoms with Crippen LogP contribution in [0.4, 0.5) is 0 Å². The highest BCUT2D eigenvalue weighted by Crippen LogP contribution is 2.30. The quantitative estimate of drug-likeness (QED) is 0.776. The predicted molar refractivity (Wildman–Crippen MR) is 96.2 cm³/mol. The second-order valence-electron chi connectivity index (χ2n) is 6.52. The summed E-state index contributed by atoms with van der Waals surface area (Å²) in [7, 11) is 0. The van der Waals surface area contributed by atoms with Crippen LogP contribution in [0.15, 0.2) is 29.6 Å². The lowest BCUT2D eigenvalue weighted by atomic mass is 10.0. The molecular weight excluding hydrogens is 320 g/mol. The van der Waals surface area contributed by atoms with Crippen LogP contribution >= 0.6 is 11.3 Å². The molecule has 1 aliphatic heterocycles. The molecule has 2 heterocycles. The minimum Gasteiger partial charge on any atom is -0.334 e. The zero-order valence-electron chi connectivity index (χ0n) is 14.1. The molecule has 2 aromatic rings. The fraction of sp³-hybridized carbons (Fsp3) is 0.421. The van der Waals surface area contributed by atoms with Gasteiger partial charge in [-0.05, 0) is 24.3 Å². The number of amides is 1. The molecule has 1 amide bonds. The van der Waals surface area contributed by atoms with Gasteiger partial charge in [0.1, 0.15) is 17.0 Å². The predicted octanol–water partition coefficient (Wildman–Crippen LogP) is 3.81. The lowest BCUT2D eigenvalue weighted by Gasteiger charge is -2.27. The summed E-state index contributed by atoms with van der Waals surface area (Å²) in [5, 5.41) is 2.64. The number of nitrogens with zero attached hydrogens (tertiary/aromatic N) is 2. The minimum absolute atomic E-state index is 0.0292. The first kappa shape index (κ1) is 16.8. The highest BCUT2D eigenvalue weighted by molar-refractivity contribution is 7.13. The molecule has 5 heteroatoms. The van der Waals surface area contributed by atoms with Crippen molar-refractivity contribution >= 4 is 23.5 Å². The van der Waals surface area contributed by atoms with E-state index in [0.29, 0.717) is 24.1 Å². The van der Waals surface area contributed by atoms with Gasteiger partial charge in [-0.15, -0.1) is 11.3 Å². The van der Waals surface area contributed by atoms with Crippen molar-refractivity contribution in [3.05, 3.63) is 40.9 Å². The Morgan fingerprint density at radius 2 is 2.21 bits per heavy atom. The van der Waals surface area contributed by atoms with Crippen molar-refractivity contribution in [2.24, 2.45) is 5.92 Å². The number of benzene rings is 1. The van der Waals surface area contributed by atoms with Crippen LogP contribution in [0, 0.1) is 5.92 Å². The van der Waals surface area contributed by atoms with Crippen LogP contribution in [0.1, 0.15) is 42.7 Å². The summed E-state index contributed by atoms with van der Waals surface area (Å²) in [6.45, 7) is 5.15. The van der Waals surface area contributed by atoms with Crippen molar-refractivity contribution in [1.82, 2.24) is 9.88 Å². The molecule has 1 aromatic carbocycles.